The smallest absolute Gasteiger partial charge is 0.173 e. The minimum atomic E-state index is 0.00564. The highest BCUT2D eigenvalue weighted by atomic mass is 16.5. The van der Waals surface area contributed by atoms with E-state index in [1.165, 1.54) is 18.4 Å². The zero-order valence-corrected chi connectivity index (χ0v) is 20.1. The van der Waals surface area contributed by atoms with Crippen molar-refractivity contribution in [2.75, 3.05) is 44.8 Å². The molecule has 0 bridgehead atoms. The Labute approximate surface area is 201 Å². The summed E-state index contributed by atoms with van der Waals surface area (Å²) in [7, 11) is 1.74. The summed E-state index contributed by atoms with van der Waals surface area (Å²) in [6.07, 6.45) is 4.79. The average Bonchev–Trinajstić information content (AvgIpc) is 3.58. The molecule has 1 saturated carbocycles. The van der Waals surface area contributed by atoms with Gasteiger partial charge in [-0.2, -0.15) is 0 Å². The lowest BCUT2D eigenvalue weighted by Crippen LogP contribution is -2.48. The number of tetrazole rings is 1. The molecular weight excluding hydrogens is 428 g/mol. The fourth-order valence-corrected chi connectivity index (χ4v) is 5.34. The van der Waals surface area contributed by atoms with E-state index in [0.29, 0.717) is 12.6 Å². The van der Waals surface area contributed by atoms with Crippen molar-refractivity contribution in [2.45, 2.75) is 44.7 Å². The SMILES string of the molecule is CCOc1ccc([C@@H](c2nnnn2C2CCCC2)N2CCN(c3ccccc3OC)CC2)cc1. The summed E-state index contributed by atoms with van der Waals surface area (Å²) in [6.45, 7) is 6.32. The van der Waals surface area contributed by atoms with Gasteiger partial charge >= 0.3 is 0 Å². The average molecular weight is 463 g/mol. The van der Waals surface area contributed by atoms with Gasteiger partial charge in [0, 0.05) is 26.2 Å². The minimum Gasteiger partial charge on any atom is -0.495 e. The fourth-order valence-electron chi connectivity index (χ4n) is 5.34. The van der Waals surface area contributed by atoms with Gasteiger partial charge in [-0.1, -0.05) is 37.1 Å². The van der Waals surface area contributed by atoms with Crippen molar-refractivity contribution in [3.8, 4) is 11.5 Å². The lowest BCUT2D eigenvalue weighted by Gasteiger charge is -2.40. The zero-order chi connectivity index (χ0) is 23.3. The number of anilines is 1. The van der Waals surface area contributed by atoms with Crippen molar-refractivity contribution in [1.82, 2.24) is 25.1 Å². The Balaban J connectivity index is 1.42. The molecule has 3 aromatic rings. The fraction of sp³-hybridized carbons (Fsp3) is 0.500. The molecule has 2 aliphatic rings. The van der Waals surface area contributed by atoms with E-state index in [-0.39, 0.29) is 6.04 Å². The topological polar surface area (TPSA) is 68.5 Å². The molecule has 1 aliphatic heterocycles. The Hall–Kier alpha value is -3.13. The number of methoxy groups -OCH3 is 1. The van der Waals surface area contributed by atoms with Crippen LogP contribution in [0.15, 0.2) is 48.5 Å². The van der Waals surface area contributed by atoms with Gasteiger partial charge in [-0.3, -0.25) is 4.90 Å². The van der Waals surface area contributed by atoms with Crippen LogP contribution in [0.5, 0.6) is 11.5 Å². The van der Waals surface area contributed by atoms with E-state index in [1.807, 2.05) is 19.1 Å². The third kappa shape index (κ3) is 4.59. The van der Waals surface area contributed by atoms with Gasteiger partial charge in [0.05, 0.1) is 31.5 Å². The second kappa shape index (κ2) is 10.4. The van der Waals surface area contributed by atoms with Crippen molar-refractivity contribution < 1.29 is 9.47 Å². The number of hydrogen-bond acceptors (Lipinski definition) is 7. The van der Waals surface area contributed by atoms with E-state index in [0.717, 1.165) is 62.0 Å². The highest BCUT2D eigenvalue weighted by molar-refractivity contribution is 5.58. The second-order valence-corrected chi connectivity index (χ2v) is 9.02. The van der Waals surface area contributed by atoms with Crippen LogP contribution in [0.4, 0.5) is 5.69 Å². The van der Waals surface area contributed by atoms with E-state index >= 15 is 0 Å². The normalized spacial score (nSPS) is 18.2. The molecule has 1 aliphatic carbocycles. The number of nitrogens with zero attached hydrogens (tertiary/aromatic N) is 6. The quantitative estimate of drug-likeness (QED) is 0.499. The molecule has 180 valence electrons. The molecule has 0 amide bonds. The van der Waals surface area contributed by atoms with Crippen molar-refractivity contribution in [3.63, 3.8) is 0 Å². The zero-order valence-electron chi connectivity index (χ0n) is 20.1. The number of rotatable bonds is 8. The van der Waals surface area contributed by atoms with Gasteiger partial charge in [0.25, 0.3) is 0 Å². The van der Waals surface area contributed by atoms with Gasteiger partial charge in [0.2, 0.25) is 0 Å². The predicted octanol–water partition coefficient (Wildman–Crippen LogP) is 4.11. The van der Waals surface area contributed by atoms with Gasteiger partial charge < -0.3 is 14.4 Å². The Bertz CT molecular complexity index is 1060. The van der Waals surface area contributed by atoms with Gasteiger partial charge in [0.15, 0.2) is 5.82 Å². The molecule has 8 nitrogen and oxygen atoms in total. The number of aromatic nitrogens is 4. The van der Waals surface area contributed by atoms with Crippen molar-refractivity contribution in [3.05, 3.63) is 59.9 Å². The van der Waals surface area contributed by atoms with Crippen molar-refractivity contribution in [2.24, 2.45) is 0 Å². The molecule has 0 radical (unpaired) electrons. The van der Waals surface area contributed by atoms with E-state index in [2.05, 4.69) is 66.4 Å². The molecule has 1 saturated heterocycles. The Morgan fingerprint density at radius 3 is 2.41 bits per heavy atom. The summed E-state index contributed by atoms with van der Waals surface area (Å²) in [4.78, 5) is 4.92. The molecule has 8 heteroatoms. The monoisotopic (exact) mass is 462 g/mol. The van der Waals surface area contributed by atoms with Crippen LogP contribution in [-0.4, -0.2) is 65.0 Å². The Morgan fingerprint density at radius 1 is 0.971 bits per heavy atom. The second-order valence-electron chi connectivity index (χ2n) is 9.02. The standard InChI is InChI=1S/C26H34N6O2/c1-3-34-22-14-12-20(13-15-22)25(26-27-28-29-32(26)21-8-4-5-9-21)31-18-16-30(17-19-31)23-10-6-7-11-24(23)33-2/h6-7,10-15,21,25H,3-5,8-9,16-19H2,1-2H3/t25-/m0/s1. The number of piperazine rings is 1. The van der Waals surface area contributed by atoms with Crippen LogP contribution in [0.25, 0.3) is 0 Å². The van der Waals surface area contributed by atoms with Gasteiger partial charge in [0.1, 0.15) is 11.5 Å². The largest absolute Gasteiger partial charge is 0.495 e. The highest BCUT2D eigenvalue weighted by Crippen LogP contribution is 2.36. The first kappa shape index (κ1) is 22.7. The van der Waals surface area contributed by atoms with Crippen LogP contribution in [-0.2, 0) is 0 Å². The lowest BCUT2D eigenvalue weighted by molar-refractivity contribution is 0.197. The van der Waals surface area contributed by atoms with Crippen LogP contribution in [0.1, 0.15) is 56.1 Å². The molecule has 1 aromatic heterocycles. The summed E-state index contributed by atoms with van der Waals surface area (Å²) in [5, 5.41) is 13.1. The van der Waals surface area contributed by atoms with Crippen LogP contribution in [0.2, 0.25) is 0 Å². The third-order valence-corrected chi connectivity index (χ3v) is 7.05. The number of benzene rings is 2. The van der Waals surface area contributed by atoms with Crippen molar-refractivity contribution >= 4 is 5.69 Å². The molecule has 2 aromatic carbocycles. The van der Waals surface area contributed by atoms with E-state index < -0.39 is 0 Å². The molecule has 0 spiro atoms. The van der Waals surface area contributed by atoms with Crippen LogP contribution in [0.3, 0.4) is 0 Å². The van der Waals surface area contributed by atoms with Crippen LogP contribution in [0, 0.1) is 0 Å². The maximum Gasteiger partial charge on any atom is 0.173 e. The summed E-state index contributed by atoms with van der Waals surface area (Å²) in [5.41, 5.74) is 2.35. The minimum absolute atomic E-state index is 0.00564. The summed E-state index contributed by atoms with van der Waals surface area (Å²) < 4.78 is 13.4. The summed E-state index contributed by atoms with van der Waals surface area (Å²) >= 11 is 0. The third-order valence-electron chi connectivity index (χ3n) is 7.05. The van der Waals surface area contributed by atoms with E-state index in [4.69, 9.17) is 9.47 Å². The highest BCUT2D eigenvalue weighted by Gasteiger charge is 2.33. The predicted molar refractivity (Wildman–Crippen MR) is 132 cm³/mol. The number of ether oxygens (including phenoxy) is 2. The first-order valence-electron chi connectivity index (χ1n) is 12.4. The summed E-state index contributed by atoms with van der Waals surface area (Å²) in [6, 6.07) is 17.1. The van der Waals surface area contributed by atoms with E-state index in [1.54, 1.807) is 7.11 Å². The maximum atomic E-state index is 5.69. The maximum absolute atomic E-state index is 5.69. The molecule has 1 atom stereocenters. The molecular formula is C26H34N6O2. The Kier molecular flexibility index (Phi) is 6.94. The molecule has 2 fully saturated rings. The molecule has 34 heavy (non-hydrogen) atoms. The molecule has 5 rings (SSSR count). The number of hydrogen-bond donors (Lipinski definition) is 0. The Morgan fingerprint density at radius 2 is 1.71 bits per heavy atom. The first-order valence-corrected chi connectivity index (χ1v) is 12.4. The molecule has 0 N–H and O–H groups in total. The molecule has 0 unspecified atom stereocenters. The number of para-hydroxylation sites is 2. The van der Waals surface area contributed by atoms with Gasteiger partial charge in [-0.15, -0.1) is 5.10 Å². The first-order chi connectivity index (χ1) is 16.8. The summed E-state index contributed by atoms with van der Waals surface area (Å²) in [5.74, 6) is 2.76. The van der Waals surface area contributed by atoms with Crippen molar-refractivity contribution in [1.29, 1.82) is 0 Å². The van der Waals surface area contributed by atoms with E-state index in [9.17, 15) is 0 Å². The van der Waals surface area contributed by atoms with Gasteiger partial charge in [-0.25, -0.2) is 4.68 Å². The lowest BCUT2D eigenvalue weighted by atomic mass is 10.0. The van der Waals surface area contributed by atoms with Crippen LogP contribution >= 0.6 is 0 Å². The molecule has 2 heterocycles. The van der Waals surface area contributed by atoms with Gasteiger partial charge in [-0.05, 0) is 60.0 Å². The van der Waals surface area contributed by atoms with Crippen LogP contribution < -0.4 is 14.4 Å².